The Hall–Kier alpha value is -2.14. The lowest BCUT2D eigenvalue weighted by Gasteiger charge is -2.18. The first kappa shape index (κ1) is 16.7. The fourth-order valence-electron chi connectivity index (χ4n) is 2.57. The van der Waals surface area contributed by atoms with Crippen LogP contribution < -0.4 is 10.6 Å². The summed E-state index contributed by atoms with van der Waals surface area (Å²) in [6.07, 6.45) is 2.90. The van der Waals surface area contributed by atoms with Gasteiger partial charge in [-0.05, 0) is 37.5 Å². The van der Waals surface area contributed by atoms with Crippen molar-refractivity contribution in [3.05, 3.63) is 57.8 Å². The van der Waals surface area contributed by atoms with Crippen molar-refractivity contribution in [1.29, 1.82) is 0 Å². The normalized spacial score (nSPS) is 14.9. The van der Waals surface area contributed by atoms with Crippen LogP contribution in [-0.4, -0.2) is 23.9 Å². The maximum atomic E-state index is 12.5. The van der Waals surface area contributed by atoms with Gasteiger partial charge in [0, 0.05) is 22.2 Å². The van der Waals surface area contributed by atoms with Gasteiger partial charge in [0.2, 0.25) is 11.8 Å². The van der Waals surface area contributed by atoms with E-state index in [0.717, 1.165) is 23.3 Å². The van der Waals surface area contributed by atoms with E-state index >= 15 is 0 Å². The minimum Gasteiger partial charge on any atom is -0.352 e. The minimum atomic E-state index is -0.526. The maximum absolute atomic E-state index is 12.5. The Kier molecular flexibility index (Phi) is 5.30. The molecule has 0 unspecified atom stereocenters. The van der Waals surface area contributed by atoms with Gasteiger partial charge in [0.1, 0.15) is 6.04 Å². The first-order valence-corrected chi connectivity index (χ1v) is 9.11. The molecule has 1 saturated carbocycles. The second-order valence-corrected chi connectivity index (χ2v) is 7.65. The number of benzene rings is 1. The number of thiophene rings is 1. The van der Waals surface area contributed by atoms with E-state index < -0.39 is 6.04 Å². The van der Waals surface area contributed by atoms with Crippen molar-refractivity contribution in [3.63, 3.8) is 0 Å². The molecule has 1 aromatic carbocycles. The van der Waals surface area contributed by atoms with Gasteiger partial charge in [0.05, 0.1) is 6.42 Å². The summed E-state index contributed by atoms with van der Waals surface area (Å²) in [5.41, 5.74) is 1.04. The molecule has 1 atom stereocenters. The summed E-state index contributed by atoms with van der Waals surface area (Å²) < 4.78 is 0. The molecule has 2 amide bonds. The van der Waals surface area contributed by atoms with Crippen LogP contribution in [0.5, 0.6) is 0 Å². The number of carbonyl (C=O) groups is 2. The zero-order chi connectivity index (χ0) is 16.9. The maximum Gasteiger partial charge on any atom is 0.243 e. The summed E-state index contributed by atoms with van der Waals surface area (Å²) in [6.45, 7) is 2.02. The molecule has 1 aliphatic carbocycles. The van der Waals surface area contributed by atoms with Gasteiger partial charge in [-0.25, -0.2) is 0 Å². The molecule has 0 spiro atoms. The van der Waals surface area contributed by atoms with Crippen LogP contribution in [0.15, 0.2) is 42.5 Å². The standard InChI is InChI=1S/C19H22N2O2S/c1-13-7-10-16(24-13)12-18(22)21-17(19(23)20-15-8-9-15)11-14-5-3-2-4-6-14/h2-7,10,15,17H,8-9,11-12H2,1H3,(H,20,23)(H,21,22)/t17-/m1/s1. The van der Waals surface area contributed by atoms with Crippen molar-refractivity contribution < 1.29 is 9.59 Å². The van der Waals surface area contributed by atoms with Gasteiger partial charge in [-0.15, -0.1) is 11.3 Å². The van der Waals surface area contributed by atoms with E-state index in [-0.39, 0.29) is 17.9 Å². The number of amides is 2. The lowest BCUT2D eigenvalue weighted by molar-refractivity contribution is -0.128. The average molecular weight is 342 g/mol. The Morgan fingerprint density at radius 1 is 1.17 bits per heavy atom. The molecule has 24 heavy (non-hydrogen) atoms. The predicted molar refractivity (Wildman–Crippen MR) is 96.0 cm³/mol. The third-order valence-electron chi connectivity index (χ3n) is 3.99. The second kappa shape index (κ2) is 7.62. The lowest BCUT2D eigenvalue weighted by Crippen LogP contribution is -2.49. The molecule has 2 aromatic rings. The monoisotopic (exact) mass is 342 g/mol. The first-order valence-electron chi connectivity index (χ1n) is 8.29. The Morgan fingerprint density at radius 2 is 1.92 bits per heavy atom. The average Bonchev–Trinajstić information content (AvgIpc) is 3.28. The van der Waals surface area contributed by atoms with Gasteiger partial charge >= 0.3 is 0 Å². The van der Waals surface area contributed by atoms with Crippen LogP contribution in [0.25, 0.3) is 0 Å². The number of hydrogen-bond acceptors (Lipinski definition) is 3. The van der Waals surface area contributed by atoms with E-state index in [4.69, 9.17) is 0 Å². The van der Waals surface area contributed by atoms with E-state index in [2.05, 4.69) is 10.6 Å². The third kappa shape index (κ3) is 4.93. The Bertz CT molecular complexity index is 707. The largest absolute Gasteiger partial charge is 0.352 e. The SMILES string of the molecule is Cc1ccc(CC(=O)N[C@H](Cc2ccccc2)C(=O)NC2CC2)s1. The van der Waals surface area contributed by atoms with Gasteiger partial charge in [-0.2, -0.15) is 0 Å². The van der Waals surface area contributed by atoms with E-state index in [1.165, 1.54) is 4.88 Å². The highest BCUT2D eigenvalue weighted by molar-refractivity contribution is 7.12. The molecule has 1 heterocycles. The summed E-state index contributed by atoms with van der Waals surface area (Å²) in [5.74, 6) is -0.194. The number of aryl methyl sites for hydroxylation is 1. The van der Waals surface area contributed by atoms with Crippen LogP contribution in [0.3, 0.4) is 0 Å². The van der Waals surface area contributed by atoms with Gasteiger partial charge in [0.25, 0.3) is 0 Å². The van der Waals surface area contributed by atoms with Crippen molar-refractivity contribution in [3.8, 4) is 0 Å². The molecule has 0 bridgehead atoms. The highest BCUT2D eigenvalue weighted by Crippen LogP contribution is 2.19. The quantitative estimate of drug-likeness (QED) is 0.813. The fourth-order valence-corrected chi connectivity index (χ4v) is 3.46. The van der Waals surface area contributed by atoms with Gasteiger partial charge in [-0.3, -0.25) is 9.59 Å². The summed E-state index contributed by atoms with van der Waals surface area (Å²) in [4.78, 5) is 27.0. The number of rotatable bonds is 7. The summed E-state index contributed by atoms with van der Waals surface area (Å²) in [5, 5.41) is 5.91. The molecule has 126 valence electrons. The topological polar surface area (TPSA) is 58.2 Å². The van der Waals surface area contributed by atoms with E-state index in [1.54, 1.807) is 11.3 Å². The van der Waals surface area contributed by atoms with Gasteiger partial charge in [0.15, 0.2) is 0 Å². The number of nitrogens with one attached hydrogen (secondary N) is 2. The zero-order valence-electron chi connectivity index (χ0n) is 13.7. The van der Waals surface area contributed by atoms with Crippen LogP contribution in [0.1, 0.15) is 28.2 Å². The summed E-state index contributed by atoms with van der Waals surface area (Å²) in [6, 6.07) is 13.5. The van der Waals surface area contributed by atoms with Crippen molar-refractivity contribution in [2.45, 2.75) is 44.7 Å². The predicted octanol–water partition coefficient (Wildman–Crippen LogP) is 2.61. The van der Waals surface area contributed by atoms with Crippen molar-refractivity contribution in [1.82, 2.24) is 10.6 Å². The zero-order valence-corrected chi connectivity index (χ0v) is 14.6. The highest BCUT2D eigenvalue weighted by atomic mass is 32.1. The van der Waals surface area contributed by atoms with Crippen LogP contribution in [-0.2, 0) is 22.4 Å². The van der Waals surface area contributed by atoms with E-state index in [9.17, 15) is 9.59 Å². The molecular weight excluding hydrogens is 320 g/mol. The molecule has 1 aliphatic rings. The molecule has 0 radical (unpaired) electrons. The summed E-state index contributed by atoms with van der Waals surface area (Å²) in [7, 11) is 0. The molecule has 2 N–H and O–H groups in total. The smallest absolute Gasteiger partial charge is 0.243 e. The number of hydrogen-bond donors (Lipinski definition) is 2. The Morgan fingerprint density at radius 3 is 2.54 bits per heavy atom. The lowest BCUT2D eigenvalue weighted by atomic mass is 10.0. The van der Waals surface area contributed by atoms with Crippen LogP contribution >= 0.6 is 11.3 Å². The first-order chi connectivity index (χ1) is 11.6. The highest BCUT2D eigenvalue weighted by Gasteiger charge is 2.28. The molecule has 0 aliphatic heterocycles. The minimum absolute atomic E-state index is 0.0861. The van der Waals surface area contributed by atoms with E-state index in [0.29, 0.717) is 12.8 Å². The van der Waals surface area contributed by atoms with Crippen molar-refractivity contribution in [2.75, 3.05) is 0 Å². The second-order valence-electron chi connectivity index (χ2n) is 6.28. The van der Waals surface area contributed by atoms with Crippen molar-refractivity contribution in [2.24, 2.45) is 0 Å². The molecule has 5 heteroatoms. The number of carbonyl (C=O) groups excluding carboxylic acids is 2. The summed E-state index contributed by atoms with van der Waals surface area (Å²) >= 11 is 1.61. The van der Waals surface area contributed by atoms with Crippen molar-refractivity contribution >= 4 is 23.2 Å². The molecule has 4 nitrogen and oxygen atoms in total. The Balaban J connectivity index is 1.63. The molecule has 1 aromatic heterocycles. The van der Waals surface area contributed by atoms with Crippen LogP contribution in [0.4, 0.5) is 0 Å². The molecule has 1 fully saturated rings. The van der Waals surface area contributed by atoms with Crippen LogP contribution in [0, 0.1) is 6.92 Å². The van der Waals surface area contributed by atoms with Gasteiger partial charge < -0.3 is 10.6 Å². The molecular formula is C19H22N2O2S. The molecule has 3 rings (SSSR count). The van der Waals surface area contributed by atoms with Crippen LogP contribution in [0.2, 0.25) is 0 Å². The van der Waals surface area contributed by atoms with Gasteiger partial charge in [-0.1, -0.05) is 30.3 Å². The molecule has 0 saturated heterocycles. The van der Waals surface area contributed by atoms with E-state index in [1.807, 2.05) is 49.4 Å². The Labute approximate surface area is 146 Å². The third-order valence-corrected chi connectivity index (χ3v) is 4.99. The fraction of sp³-hybridized carbons (Fsp3) is 0.368.